The number of pyridine rings is 1. The SMILES string of the molecule is O=C(NCc1cc2cc(Cl)c(OCc3cccc(F)n3)cc2[nH]1)N1CCC1. The number of rotatable bonds is 5. The van der Waals surface area contributed by atoms with Crippen LogP contribution in [0.25, 0.3) is 10.9 Å². The first-order valence-electron chi connectivity index (χ1n) is 8.66. The van der Waals surface area contributed by atoms with Gasteiger partial charge in [0.15, 0.2) is 0 Å². The summed E-state index contributed by atoms with van der Waals surface area (Å²) in [6.45, 7) is 2.15. The molecule has 27 heavy (non-hydrogen) atoms. The van der Waals surface area contributed by atoms with Crippen LogP contribution in [0.2, 0.25) is 5.02 Å². The van der Waals surface area contributed by atoms with Crippen LogP contribution in [0.3, 0.4) is 0 Å². The van der Waals surface area contributed by atoms with Gasteiger partial charge in [0.25, 0.3) is 0 Å². The zero-order chi connectivity index (χ0) is 18.8. The molecule has 0 atom stereocenters. The number of amides is 2. The summed E-state index contributed by atoms with van der Waals surface area (Å²) < 4.78 is 18.8. The average Bonchev–Trinajstić information content (AvgIpc) is 2.98. The monoisotopic (exact) mass is 388 g/mol. The number of H-pyrrole nitrogens is 1. The van der Waals surface area contributed by atoms with Gasteiger partial charge in [0.2, 0.25) is 5.95 Å². The highest BCUT2D eigenvalue weighted by atomic mass is 35.5. The molecule has 1 aliphatic rings. The van der Waals surface area contributed by atoms with Gasteiger partial charge in [-0.05, 0) is 30.7 Å². The van der Waals surface area contributed by atoms with Crippen molar-refractivity contribution in [2.45, 2.75) is 19.6 Å². The van der Waals surface area contributed by atoms with Gasteiger partial charge in [0, 0.05) is 35.8 Å². The van der Waals surface area contributed by atoms with E-state index in [-0.39, 0.29) is 12.6 Å². The quantitative estimate of drug-likeness (QED) is 0.652. The van der Waals surface area contributed by atoms with Crippen LogP contribution < -0.4 is 10.1 Å². The molecule has 2 N–H and O–H groups in total. The Labute approximate surface area is 160 Å². The van der Waals surface area contributed by atoms with Crippen LogP contribution in [0, 0.1) is 5.95 Å². The molecule has 3 aromatic rings. The second-order valence-corrected chi connectivity index (χ2v) is 6.81. The van der Waals surface area contributed by atoms with Crippen molar-refractivity contribution in [3.63, 3.8) is 0 Å². The minimum Gasteiger partial charge on any atom is -0.486 e. The number of aromatic amines is 1. The molecule has 3 heterocycles. The number of hydrogen-bond acceptors (Lipinski definition) is 3. The summed E-state index contributed by atoms with van der Waals surface area (Å²) in [7, 11) is 0. The van der Waals surface area contributed by atoms with Gasteiger partial charge in [-0.25, -0.2) is 9.78 Å². The Bertz CT molecular complexity index is 987. The maximum Gasteiger partial charge on any atom is 0.317 e. The lowest BCUT2D eigenvalue weighted by Gasteiger charge is -2.30. The van der Waals surface area contributed by atoms with Gasteiger partial charge in [0.05, 0.1) is 17.3 Å². The van der Waals surface area contributed by atoms with E-state index in [1.54, 1.807) is 29.2 Å². The third-order valence-corrected chi connectivity index (χ3v) is 4.75. The molecule has 0 unspecified atom stereocenters. The molecule has 0 radical (unpaired) electrons. The van der Waals surface area contributed by atoms with Crippen molar-refractivity contribution in [1.29, 1.82) is 0 Å². The molecular formula is C19H18ClFN4O2. The summed E-state index contributed by atoms with van der Waals surface area (Å²) in [6.07, 6.45) is 1.06. The number of nitrogens with one attached hydrogen (secondary N) is 2. The van der Waals surface area contributed by atoms with Crippen molar-refractivity contribution in [2.75, 3.05) is 13.1 Å². The van der Waals surface area contributed by atoms with Gasteiger partial charge in [-0.1, -0.05) is 17.7 Å². The van der Waals surface area contributed by atoms with Gasteiger partial charge >= 0.3 is 6.03 Å². The van der Waals surface area contributed by atoms with Gasteiger partial charge in [-0.2, -0.15) is 4.39 Å². The largest absolute Gasteiger partial charge is 0.486 e. The molecule has 0 saturated carbocycles. The molecule has 0 aliphatic carbocycles. The number of fused-ring (bicyclic) bond motifs is 1. The Morgan fingerprint density at radius 2 is 2.19 bits per heavy atom. The highest BCUT2D eigenvalue weighted by Crippen LogP contribution is 2.31. The summed E-state index contributed by atoms with van der Waals surface area (Å²) in [5.74, 6) is -0.0693. The van der Waals surface area contributed by atoms with E-state index < -0.39 is 5.95 Å². The number of carbonyl (C=O) groups is 1. The van der Waals surface area contributed by atoms with Crippen molar-refractivity contribution in [3.8, 4) is 5.75 Å². The number of urea groups is 1. The number of likely N-dealkylation sites (tertiary alicyclic amines) is 1. The summed E-state index contributed by atoms with van der Waals surface area (Å²) in [6, 6.07) is 10.0. The molecule has 2 amide bonds. The van der Waals surface area contributed by atoms with E-state index in [9.17, 15) is 9.18 Å². The number of halogens is 2. The Morgan fingerprint density at radius 1 is 1.33 bits per heavy atom. The van der Waals surface area contributed by atoms with E-state index in [1.165, 1.54) is 6.07 Å². The Morgan fingerprint density at radius 3 is 2.93 bits per heavy atom. The minimum absolute atomic E-state index is 0.0513. The van der Waals surface area contributed by atoms with Gasteiger partial charge in [-0.15, -0.1) is 0 Å². The number of nitrogens with zero attached hydrogens (tertiary/aromatic N) is 2. The first kappa shape index (κ1) is 17.6. The normalized spacial score (nSPS) is 13.5. The first-order valence-corrected chi connectivity index (χ1v) is 9.04. The van der Waals surface area contributed by atoms with Crippen LogP contribution in [0.4, 0.5) is 9.18 Å². The third kappa shape index (κ3) is 3.98. The second kappa shape index (κ2) is 7.44. The summed E-state index contributed by atoms with van der Waals surface area (Å²) in [5, 5.41) is 4.26. The highest BCUT2D eigenvalue weighted by Gasteiger charge is 2.19. The highest BCUT2D eigenvalue weighted by molar-refractivity contribution is 6.32. The van der Waals surface area contributed by atoms with Crippen LogP contribution in [0.1, 0.15) is 17.8 Å². The Balaban J connectivity index is 1.44. The van der Waals surface area contributed by atoms with Crippen LogP contribution in [0.5, 0.6) is 5.75 Å². The molecule has 1 aliphatic heterocycles. The molecule has 0 spiro atoms. The molecule has 8 heteroatoms. The fourth-order valence-corrected chi connectivity index (χ4v) is 3.11. The average molecular weight is 389 g/mol. The van der Waals surface area contributed by atoms with E-state index in [2.05, 4.69) is 15.3 Å². The van der Waals surface area contributed by atoms with E-state index in [4.69, 9.17) is 16.3 Å². The predicted octanol–water partition coefficient (Wildman–Crippen LogP) is 3.85. The molecule has 1 fully saturated rings. The third-order valence-electron chi connectivity index (χ3n) is 4.45. The van der Waals surface area contributed by atoms with Crippen molar-refractivity contribution in [1.82, 2.24) is 20.2 Å². The summed E-state index contributed by atoms with van der Waals surface area (Å²) in [4.78, 5) is 20.7. The lowest BCUT2D eigenvalue weighted by molar-refractivity contribution is 0.167. The predicted molar refractivity (Wildman–Crippen MR) is 100 cm³/mol. The molecule has 140 valence electrons. The molecule has 0 bridgehead atoms. The maximum absolute atomic E-state index is 13.2. The van der Waals surface area contributed by atoms with E-state index in [0.717, 1.165) is 36.1 Å². The standard InChI is InChI=1S/C19H18ClFN4O2/c20-15-8-12-7-14(10-22-19(26)25-5-2-6-25)23-16(12)9-17(15)27-11-13-3-1-4-18(21)24-13/h1,3-4,7-9,23H,2,5-6,10-11H2,(H,22,26). The molecule has 1 aromatic carbocycles. The van der Waals surface area contributed by atoms with Crippen molar-refractivity contribution in [3.05, 3.63) is 58.8 Å². The first-order chi connectivity index (χ1) is 13.1. The Hall–Kier alpha value is -2.80. The van der Waals surface area contributed by atoms with Gasteiger partial charge < -0.3 is 19.9 Å². The fourth-order valence-electron chi connectivity index (χ4n) is 2.88. The topological polar surface area (TPSA) is 70.2 Å². The van der Waals surface area contributed by atoms with Gasteiger partial charge in [-0.3, -0.25) is 0 Å². The van der Waals surface area contributed by atoms with E-state index in [1.807, 2.05) is 6.07 Å². The lowest BCUT2D eigenvalue weighted by atomic mass is 10.2. The van der Waals surface area contributed by atoms with Crippen LogP contribution in [-0.4, -0.2) is 34.0 Å². The number of benzene rings is 1. The number of aromatic nitrogens is 2. The smallest absolute Gasteiger partial charge is 0.317 e. The van der Waals surface area contributed by atoms with Crippen LogP contribution >= 0.6 is 11.6 Å². The molecule has 1 saturated heterocycles. The number of hydrogen-bond donors (Lipinski definition) is 2. The van der Waals surface area contributed by atoms with Crippen LogP contribution in [0.15, 0.2) is 36.4 Å². The number of carbonyl (C=O) groups excluding carboxylic acids is 1. The molecule has 4 rings (SSSR count). The summed E-state index contributed by atoms with van der Waals surface area (Å²) >= 11 is 6.30. The van der Waals surface area contributed by atoms with Crippen molar-refractivity contribution in [2.24, 2.45) is 0 Å². The second-order valence-electron chi connectivity index (χ2n) is 6.40. The van der Waals surface area contributed by atoms with Crippen molar-refractivity contribution >= 4 is 28.5 Å². The number of ether oxygens (including phenoxy) is 1. The molecule has 2 aromatic heterocycles. The summed E-state index contributed by atoms with van der Waals surface area (Å²) in [5.41, 5.74) is 2.20. The zero-order valence-corrected chi connectivity index (χ0v) is 15.2. The molecular weight excluding hydrogens is 371 g/mol. The maximum atomic E-state index is 13.2. The van der Waals surface area contributed by atoms with Gasteiger partial charge in [0.1, 0.15) is 12.4 Å². The Kier molecular flexibility index (Phi) is 4.85. The van der Waals surface area contributed by atoms with Crippen molar-refractivity contribution < 1.29 is 13.9 Å². The minimum atomic E-state index is -0.549. The van der Waals surface area contributed by atoms with E-state index >= 15 is 0 Å². The van der Waals surface area contributed by atoms with Crippen LogP contribution in [-0.2, 0) is 13.2 Å². The molecule has 6 nitrogen and oxygen atoms in total. The lowest BCUT2D eigenvalue weighted by Crippen LogP contribution is -2.47. The van der Waals surface area contributed by atoms with E-state index in [0.29, 0.717) is 23.0 Å². The fraction of sp³-hybridized carbons (Fsp3) is 0.263. The zero-order valence-electron chi connectivity index (χ0n) is 14.5.